The molecule has 8 heteroatoms. The first-order chi connectivity index (χ1) is 13.2. The van der Waals surface area contributed by atoms with Crippen molar-refractivity contribution in [1.82, 2.24) is 24.8 Å². The highest BCUT2D eigenvalue weighted by Crippen LogP contribution is 2.20. The fourth-order valence-corrected chi connectivity index (χ4v) is 3.30. The van der Waals surface area contributed by atoms with Crippen molar-refractivity contribution < 1.29 is 9.53 Å². The van der Waals surface area contributed by atoms with Crippen LogP contribution in [-0.2, 0) is 0 Å². The Morgan fingerprint density at radius 2 is 1.78 bits per heavy atom. The van der Waals surface area contributed by atoms with E-state index in [1.165, 1.54) is 0 Å². The lowest BCUT2D eigenvalue weighted by Gasteiger charge is -2.31. The standard InChI is InChI=1S/C19H18BrN5O2/c20-14-9-22-19(23-10-14)27-12-13-5-7-25(8-6-13)18(26)17-11-21-15-3-1-2-4-16(15)24-17/h1-4,9-11,13H,5-8,12H2. The van der Waals surface area contributed by atoms with E-state index in [9.17, 15) is 4.79 Å². The molecule has 1 aliphatic rings. The Morgan fingerprint density at radius 1 is 1.07 bits per heavy atom. The van der Waals surface area contributed by atoms with Crippen molar-refractivity contribution in [2.75, 3.05) is 19.7 Å². The van der Waals surface area contributed by atoms with Crippen molar-refractivity contribution >= 4 is 32.9 Å². The van der Waals surface area contributed by atoms with Crippen LogP contribution < -0.4 is 4.74 Å². The molecule has 0 bridgehead atoms. The lowest BCUT2D eigenvalue weighted by atomic mass is 9.97. The van der Waals surface area contributed by atoms with Crippen molar-refractivity contribution in [3.05, 3.63) is 53.0 Å². The molecular weight excluding hydrogens is 410 g/mol. The minimum Gasteiger partial charge on any atom is -0.463 e. The first-order valence-corrected chi connectivity index (χ1v) is 9.60. The van der Waals surface area contributed by atoms with Crippen LogP contribution in [0.5, 0.6) is 6.01 Å². The number of likely N-dealkylation sites (tertiary alicyclic amines) is 1. The number of halogens is 1. The summed E-state index contributed by atoms with van der Waals surface area (Å²) in [6.45, 7) is 1.92. The molecule has 0 radical (unpaired) electrons. The summed E-state index contributed by atoms with van der Waals surface area (Å²) in [5, 5.41) is 0. The van der Waals surface area contributed by atoms with E-state index < -0.39 is 0 Å². The first-order valence-electron chi connectivity index (χ1n) is 8.80. The summed E-state index contributed by atoms with van der Waals surface area (Å²) < 4.78 is 6.48. The largest absolute Gasteiger partial charge is 0.463 e. The number of benzene rings is 1. The van der Waals surface area contributed by atoms with Crippen LogP contribution in [0.3, 0.4) is 0 Å². The van der Waals surface area contributed by atoms with Crippen molar-refractivity contribution in [1.29, 1.82) is 0 Å². The molecule has 7 nitrogen and oxygen atoms in total. The molecule has 1 saturated heterocycles. The Hall–Kier alpha value is -2.61. The summed E-state index contributed by atoms with van der Waals surface area (Å²) in [7, 11) is 0. The second-order valence-electron chi connectivity index (χ2n) is 6.47. The van der Waals surface area contributed by atoms with Crippen LogP contribution in [0.15, 0.2) is 47.3 Å². The Balaban J connectivity index is 1.32. The van der Waals surface area contributed by atoms with Crippen LogP contribution in [0.1, 0.15) is 23.3 Å². The van der Waals surface area contributed by atoms with Gasteiger partial charge in [0.2, 0.25) is 0 Å². The van der Waals surface area contributed by atoms with Crippen molar-refractivity contribution in [2.45, 2.75) is 12.8 Å². The summed E-state index contributed by atoms with van der Waals surface area (Å²) in [5.41, 5.74) is 1.92. The maximum atomic E-state index is 12.7. The number of nitrogens with zero attached hydrogens (tertiary/aromatic N) is 5. The van der Waals surface area contributed by atoms with Gasteiger partial charge in [-0.1, -0.05) is 12.1 Å². The number of rotatable bonds is 4. The zero-order chi connectivity index (χ0) is 18.6. The van der Waals surface area contributed by atoms with Crippen molar-refractivity contribution in [3.63, 3.8) is 0 Å². The summed E-state index contributed by atoms with van der Waals surface area (Å²) in [5.74, 6) is 0.313. The number of hydrogen-bond donors (Lipinski definition) is 0. The summed E-state index contributed by atoms with van der Waals surface area (Å²) in [6.07, 6.45) is 6.64. The normalized spacial score (nSPS) is 15.1. The van der Waals surface area contributed by atoms with E-state index >= 15 is 0 Å². The lowest BCUT2D eigenvalue weighted by Crippen LogP contribution is -2.40. The predicted octanol–water partition coefficient (Wildman–Crippen LogP) is 3.11. The SMILES string of the molecule is O=C(c1cnc2ccccc2n1)N1CCC(COc2ncc(Br)cn2)CC1. The third-order valence-electron chi connectivity index (χ3n) is 4.61. The summed E-state index contributed by atoms with van der Waals surface area (Å²) in [6, 6.07) is 7.93. The summed E-state index contributed by atoms with van der Waals surface area (Å²) in [4.78, 5) is 31.6. The van der Waals surface area contributed by atoms with E-state index in [0.717, 1.165) is 28.3 Å². The second-order valence-corrected chi connectivity index (χ2v) is 7.39. The van der Waals surface area contributed by atoms with Gasteiger partial charge in [0.05, 0.1) is 28.3 Å². The fraction of sp³-hybridized carbons (Fsp3) is 0.316. The van der Waals surface area contributed by atoms with E-state index in [1.54, 1.807) is 18.6 Å². The molecule has 3 heterocycles. The molecule has 1 amide bonds. The smallest absolute Gasteiger partial charge is 0.316 e. The van der Waals surface area contributed by atoms with Gasteiger partial charge in [-0.2, -0.15) is 0 Å². The Bertz CT molecular complexity index is 942. The fourth-order valence-electron chi connectivity index (χ4n) is 3.09. The molecule has 27 heavy (non-hydrogen) atoms. The molecule has 0 saturated carbocycles. The molecule has 138 valence electrons. The molecule has 4 rings (SSSR count). The lowest BCUT2D eigenvalue weighted by molar-refractivity contribution is 0.0651. The van der Waals surface area contributed by atoms with Gasteiger partial charge in [0.15, 0.2) is 0 Å². The number of aromatic nitrogens is 4. The number of piperidine rings is 1. The third-order valence-corrected chi connectivity index (χ3v) is 5.02. The van der Waals surface area contributed by atoms with Gasteiger partial charge < -0.3 is 9.64 Å². The molecule has 1 aliphatic heterocycles. The maximum absolute atomic E-state index is 12.7. The quantitative estimate of drug-likeness (QED) is 0.635. The van der Waals surface area contributed by atoms with Gasteiger partial charge in [-0.05, 0) is 46.8 Å². The Kier molecular flexibility index (Phi) is 5.24. The van der Waals surface area contributed by atoms with Gasteiger partial charge >= 0.3 is 6.01 Å². The summed E-state index contributed by atoms with van der Waals surface area (Å²) >= 11 is 3.30. The highest BCUT2D eigenvalue weighted by Gasteiger charge is 2.25. The highest BCUT2D eigenvalue weighted by atomic mass is 79.9. The molecule has 0 unspecified atom stereocenters. The molecule has 1 aromatic carbocycles. The van der Waals surface area contributed by atoms with E-state index in [-0.39, 0.29) is 5.91 Å². The van der Waals surface area contributed by atoms with Crippen molar-refractivity contribution in [2.24, 2.45) is 5.92 Å². The molecule has 2 aromatic heterocycles. The Morgan fingerprint density at radius 3 is 2.52 bits per heavy atom. The van der Waals surface area contributed by atoms with E-state index in [2.05, 4.69) is 35.9 Å². The van der Waals surface area contributed by atoms with Gasteiger partial charge in [-0.25, -0.2) is 15.0 Å². The van der Waals surface area contributed by atoms with Crippen LogP contribution in [0.25, 0.3) is 11.0 Å². The minimum absolute atomic E-state index is 0.0659. The maximum Gasteiger partial charge on any atom is 0.316 e. The van der Waals surface area contributed by atoms with E-state index in [1.807, 2.05) is 29.2 Å². The molecule has 0 spiro atoms. The molecule has 0 atom stereocenters. The van der Waals surface area contributed by atoms with Gasteiger partial charge in [0.25, 0.3) is 5.91 Å². The highest BCUT2D eigenvalue weighted by molar-refractivity contribution is 9.10. The number of ether oxygens (including phenoxy) is 1. The number of para-hydroxylation sites is 2. The number of hydrogen-bond acceptors (Lipinski definition) is 6. The van der Waals surface area contributed by atoms with Crippen LogP contribution >= 0.6 is 15.9 Å². The molecule has 3 aromatic rings. The second kappa shape index (κ2) is 7.96. The zero-order valence-electron chi connectivity index (χ0n) is 14.6. The van der Waals surface area contributed by atoms with Gasteiger partial charge in [-0.15, -0.1) is 0 Å². The topological polar surface area (TPSA) is 81.1 Å². The van der Waals surface area contributed by atoms with Crippen LogP contribution in [0, 0.1) is 5.92 Å². The molecule has 1 fully saturated rings. The Labute approximate surface area is 164 Å². The number of fused-ring (bicyclic) bond motifs is 1. The van der Waals surface area contributed by atoms with Gasteiger partial charge in [0.1, 0.15) is 5.69 Å². The first kappa shape index (κ1) is 17.8. The average molecular weight is 428 g/mol. The van der Waals surface area contributed by atoms with Gasteiger partial charge in [-0.3, -0.25) is 9.78 Å². The minimum atomic E-state index is -0.0659. The number of carbonyl (C=O) groups is 1. The van der Waals surface area contributed by atoms with Crippen LogP contribution in [-0.4, -0.2) is 50.4 Å². The van der Waals surface area contributed by atoms with Gasteiger partial charge in [0, 0.05) is 25.5 Å². The zero-order valence-corrected chi connectivity index (χ0v) is 16.2. The van der Waals surface area contributed by atoms with Crippen LogP contribution in [0.4, 0.5) is 0 Å². The number of carbonyl (C=O) groups excluding carboxylic acids is 1. The molecule has 0 N–H and O–H groups in total. The average Bonchev–Trinajstić information content (AvgIpc) is 2.73. The van der Waals surface area contributed by atoms with E-state index in [4.69, 9.17) is 4.74 Å². The van der Waals surface area contributed by atoms with Crippen molar-refractivity contribution in [3.8, 4) is 6.01 Å². The third kappa shape index (κ3) is 4.21. The van der Waals surface area contributed by atoms with E-state index in [0.29, 0.717) is 37.3 Å². The number of amides is 1. The monoisotopic (exact) mass is 427 g/mol. The predicted molar refractivity (Wildman–Crippen MR) is 103 cm³/mol. The molecular formula is C19H18BrN5O2. The molecule has 0 aliphatic carbocycles. The van der Waals surface area contributed by atoms with Crippen LogP contribution in [0.2, 0.25) is 0 Å².